The molecule has 3 aromatic rings. The second kappa shape index (κ2) is 6.38. The Morgan fingerprint density at radius 3 is 3.08 bits per heavy atom. The molecule has 1 atom stereocenters. The van der Waals surface area contributed by atoms with Crippen molar-refractivity contribution in [1.82, 2.24) is 19.9 Å². The highest BCUT2D eigenvalue weighted by Crippen LogP contribution is 2.37. The van der Waals surface area contributed by atoms with Gasteiger partial charge in [0.1, 0.15) is 18.0 Å². The third-order valence-corrected chi connectivity index (χ3v) is 5.60. The predicted molar refractivity (Wildman–Crippen MR) is 102 cm³/mol. The van der Waals surface area contributed by atoms with Gasteiger partial charge in [-0.25, -0.2) is 19.9 Å². The van der Waals surface area contributed by atoms with Crippen LogP contribution >= 0.6 is 11.3 Å². The van der Waals surface area contributed by atoms with E-state index in [1.165, 1.54) is 6.33 Å². The molecule has 1 saturated heterocycles. The fourth-order valence-electron chi connectivity index (χ4n) is 3.12. The number of hydrogen-bond donors (Lipinski definition) is 2. The van der Waals surface area contributed by atoms with Gasteiger partial charge in [-0.2, -0.15) is 5.26 Å². The number of hydrogen-bond acceptors (Lipinski definition) is 9. The lowest BCUT2D eigenvalue weighted by Crippen LogP contribution is -2.40. The Balaban J connectivity index is 1.66. The number of rotatable bonds is 3. The van der Waals surface area contributed by atoms with Crippen LogP contribution < -0.4 is 16.0 Å². The minimum absolute atomic E-state index is 0.325. The van der Waals surface area contributed by atoms with Crippen LogP contribution in [0.2, 0.25) is 0 Å². The first-order chi connectivity index (χ1) is 12.6. The van der Waals surface area contributed by atoms with Crippen LogP contribution in [0.5, 0.6) is 0 Å². The van der Waals surface area contributed by atoms with E-state index in [9.17, 15) is 5.26 Å². The van der Waals surface area contributed by atoms with Crippen molar-refractivity contribution in [2.45, 2.75) is 19.8 Å². The van der Waals surface area contributed by atoms with Crippen molar-refractivity contribution in [2.75, 3.05) is 29.0 Å². The lowest BCUT2D eigenvalue weighted by atomic mass is 9.84. The maximum Gasteiger partial charge on any atom is 0.186 e. The van der Waals surface area contributed by atoms with Crippen LogP contribution in [0.1, 0.15) is 19.8 Å². The van der Waals surface area contributed by atoms with Gasteiger partial charge in [0.2, 0.25) is 0 Å². The predicted octanol–water partition coefficient (Wildman–Crippen LogP) is 2.94. The molecule has 0 aromatic carbocycles. The number of nitriles is 1. The maximum atomic E-state index is 9.45. The molecule has 0 bridgehead atoms. The van der Waals surface area contributed by atoms with Crippen molar-refractivity contribution in [3.05, 3.63) is 24.7 Å². The zero-order valence-corrected chi connectivity index (χ0v) is 15.1. The molecule has 1 aliphatic heterocycles. The van der Waals surface area contributed by atoms with Crippen LogP contribution in [0.3, 0.4) is 0 Å². The molecule has 1 aliphatic rings. The SMILES string of the molecule is C[C@@]1(C#N)CCCN(c2nc3ccnc(Nc4cc(N)ncn4)c3s2)C1. The molecule has 8 nitrogen and oxygen atoms in total. The minimum Gasteiger partial charge on any atom is -0.384 e. The zero-order chi connectivity index (χ0) is 18.1. The number of thiazole rings is 1. The first kappa shape index (κ1) is 16.5. The molecule has 3 N–H and O–H groups in total. The molecule has 1 fully saturated rings. The van der Waals surface area contributed by atoms with Gasteiger partial charge >= 0.3 is 0 Å². The highest BCUT2D eigenvalue weighted by molar-refractivity contribution is 7.22. The Morgan fingerprint density at radius 1 is 1.38 bits per heavy atom. The van der Waals surface area contributed by atoms with Crippen molar-refractivity contribution in [3.63, 3.8) is 0 Å². The lowest BCUT2D eigenvalue weighted by Gasteiger charge is -2.35. The van der Waals surface area contributed by atoms with Gasteiger partial charge in [-0.3, -0.25) is 0 Å². The van der Waals surface area contributed by atoms with Crippen molar-refractivity contribution in [1.29, 1.82) is 5.26 Å². The Labute approximate surface area is 154 Å². The quantitative estimate of drug-likeness (QED) is 0.726. The van der Waals surface area contributed by atoms with E-state index in [1.54, 1.807) is 23.6 Å². The Hall–Kier alpha value is -2.99. The number of piperidine rings is 1. The van der Waals surface area contributed by atoms with E-state index in [0.29, 0.717) is 24.0 Å². The van der Waals surface area contributed by atoms with Crippen LogP contribution in [0.15, 0.2) is 24.7 Å². The fourth-order valence-corrected chi connectivity index (χ4v) is 4.15. The van der Waals surface area contributed by atoms with Crippen LogP contribution in [0.25, 0.3) is 10.2 Å². The minimum atomic E-state index is -0.325. The zero-order valence-electron chi connectivity index (χ0n) is 14.3. The third-order valence-electron chi connectivity index (χ3n) is 4.46. The number of nitrogen functional groups attached to an aromatic ring is 1. The molecular weight excluding hydrogens is 348 g/mol. The molecule has 9 heteroatoms. The first-order valence-electron chi connectivity index (χ1n) is 8.33. The number of aromatic nitrogens is 4. The summed E-state index contributed by atoms with van der Waals surface area (Å²) in [4.78, 5) is 19.4. The van der Waals surface area contributed by atoms with Crippen molar-refractivity contribution in [2.24, 2.45) is 5.41 Å². The van der Waals surface area contributed by atoms with E-state index in [2.05, 4.69) is 31.2 Å². The Bertz CT molecular complexity index is 994. The number of nitrogens with two attached hydrogens (primary N) is 1. The van der Waals surface area contributed by atoms with Gasteiger partial charge < -0.3 is 16.0 Å². The van der Waals surface area contributed by atoms with Crippen LogP contribution in [0.4, 0.5) is 22.6 Å². The molecule has 26 heavy (non-hydrogen) atoms. The summed E-state index contributed by atoms with van der Waals surface area (Å²) in [6, 6.07) is 6.00. The number of fused-ring (bicyclic) bond motifs is 1. The van der Waals surface area contributed by atoms with E-state index in [1.807, 2.05) is 13.0 Å². The molecule has 4 rings (SSSR count). The highest BCUT2D eigenvalue weighted by atomic mass is 32.1. The van der Waals surface area contributed by atoms with Crippen molar-refractivity contribution in [3.8, 4) is 6.07 Å². The molecule has 0 unspecified atom stereocenters. The van der Waals surface area contributed by atoms with E-state index in [-0.39, 0.29) is 5.41 Å². The van der Waals surface area contributed by atoms with E-state index >= 15 is 0 Å². The highest BCUT2D eigenvalue weighted by Gasteiger charge is 2.32. The standard InChI is InChI=1S/C17H18N8S/c1-17(8-18)4-2-6-25(9-17)16-23-11-3-5-20-15(14(11)26-16)24-13-7-12(19)21-10-22-13/h3,5,7,10H,2,4,6,9H2,1H3,(H3,19,20,21,22,24)/t17-/m0/s1. The average molecular weight is 366 g/mol. The summed E-state index contributed by atoms with van der Waals surface area (Å²) in [5, 5.41) is 13.6. The summed E-state index contributed by atoms with van der Waals surface area (Å²) in [7, 11) is 0. The summed E-state index contributed by atoms with van der Waals surface area (Å²) in [5.74, 6) is 1.66. The monoisotopic (exact) mass is 366 g/mol. The molecule has 0 spiro atoms. The lowest BCUT2D eigenvalue weighted by molar-refractivity contribution is 0.349. The number of nitrogens with zero attached hydrogens (tertiary/aromatic N) is 6. The molecule has 4 heterocycles. The maximum absolute atomic E-state index is 9.45. The average Bonchev–Trinajstić information content (AvgIpc) is 3.07. The normalized spacial score (nSPS) is 20.1. The summed E-state index contributed by atoms with van der Waals surface area (Å²) in [6.45, 7) is 3.62. The van der Waals surface area contributed by atoms with Gasteiger partial charge in [-0.05, 0) is 25.8 Å². The van der Waals surface area contributed by atoms with E-state index in [0.717, 1.165) is 34.7 Å². The molecule has 3 aromatic heterocycles. The fraction of sp³-hybridized carbons (Fsp3) is 0.353. The van der Waals surface area contributed by atoms with Crippen LogP contribution in [-0.4, -0.2) is 33.0 Å². The van der Waals surface area contributed by atoms with Gasteiger partial charge in [-0.1, -0.05) is 11.3 Å². The van der Waals surface area contributed by atoms with Crippen molar-refractivity contribution < 1.29 is 0 Å². The first-order valence-corrected chi connectivity index (χ1v) is 9.14. The van der Waals surface area contributed by atoms with E-state index < -0.39 is 0 Å². The number of nitrogens with one attached hydrogen (secondary N) is 1. The Kier molecular flexibility index (Phi) is 4.05. The summed E-state index contributed by atoms with van der Waals surface area (Å²) in [6.07, 6.45) is 5.04. The van der Waals surface area contributed by atoms with Crippen LogP contribution in [-0.2, 0) is 0 Å². The largest absolute Gasteiger partial charge is 0.384 e. The number of pyridine rings is 1. The molecule has 0 radical (unpaired) electrons. The molecule has 0 saturated carbocycles. The molecule has 132 valence electrons. The third kappa shape index (κ3) is 3.11. The smallest absolute Gasteiger partial charge is 0.186 e. The molecular formula is C17H18N8S. The van der Waals surface area contributed by atoms with Gasteiger partial charge in [-0.15, -0.1) is 0 Å². The summed E-state index contributed by atoms with van der Waals surface area (Å²) in [5.41, 5.74) is 6.25. The molecule has 0 amide bonds. The molecule has 0 aliphatic carbocycles. The summed E-state index contributed by atoms with van der Waals surface area (Å²) >= 11 is 1.57. The van der Waals surface area contributed by atoms with Crippen molar-refractivity contribution >= 4 is 44.1 Å². The van der Waals surface area contributed by atoms with Gasteiger partial charge in [0, 0.05) is 25.4 Å². The van der Waals surface area contributed by atoms with E-state index in [4.69, 9.17) is 10.7 Å². The second-order valence-electron chi connectivity index (χ2n) is 6.65. The Morgan fingerprint density at radius 2 is 2.27 bits per heavy atom. The van der Waals surface area contributed by atoms with Gasteiger partial charge in [0.15, 0.2) is 10.9 Å². The number of anilines is 4. The van der Waals surface area contributed by atoms with Gasteiger partial charge in [0.25, 0.3) is 0 Å². The topological polar surface area (TPSA) is 117 Å². The summed E-state index contributed by atoms with van der Waals surface area (Å²) < 4.78 is 0.948. The van der Waals surface area contributed by atoms with Crippen LogP contribution in [0, 0.1) is 16.7 Å². The van der Waals surface area contributed by atoms with Gasteiger partial charge in [0.05, 0.1) is 21.7 Å². The second-order valence-corrected chi connectivity index (χ2v) is 7.63.